The highest BCUT2D eigenvalue weighted by molar-refractivity contribution is 14.0. The van der Waals surface area contributed by atoms with Crippen LogP contribution in [0.2, 0.25) is 0 Å². The maximum atomic E-state index is 10.3. The molecule has 27 heavy (non-hydrogen) atoms. The molecule has 0 amide bonds. The number of halogens is 1. The average Bonchev–Trinajstić information content (AvgIpc) is 3.14. The average molecular weight is 480 g/mol. The molecule has 1 aliphatic rings. The molecule has 3 rings (SSSR count). The Kier molecular flexibility index (Phi) is 9.00. The van der Waals surface area contributed by atoms with E-state index in [4.69, 9.17) is 0 Å². The van der Waals surface area contributed by atoms with Crippen molar-refractivity contribution in [3.05, 3.63) is 66.0 Å². The first kappa shape index (κ1) is 21.6. The summed E-state index contributed by atoms with van der Waals surface area (Å²) in [6, 6.07) is 14.3. The van der Waals surface area contributed by atoms with Crippen LogP contribution in [0.1, 0.15) is 30.6 Å². The Morgan fingerprint density at radius 3 is 2.70 bits per heavy atom. The van der Waals surface area contributed by atoms with Crippen LogP contribution in [0.5, 0.6) is 0 Å². The summed E-state index contributed by atoms with van der Waals surface area (Å²) in [4.78, 5) is 11.0. The number of aliphatic hydroxyl groups is 1. The zero-order valence-corrected chi connectivity index (χ0v) is 18.1. The van der Waals surface area contributed by atoms with Gasteiger partial charge >= 0.3 is 0 Å². The van der Waals surface area contributed by atoms with Crippen LogP contribution in [-0.2, 0) is 6.42 Å². The van der Waals surface area contributed by atoms with Crippen molar-refractivity contribution in [1.29, 1.82) is 0 Å². The van der Waals surface area contributed by atoms with Gasteiger partial charge in [-0.3, -0.25) is 9.98 Å². The number of likely N-dealkylation sites (tertiary alicyclic amines) is 1. The van der Waals surface area contributed by atoms with Crippen LogP contribution in [0.15, 0.2) is 59.9 Å². The van der Waals surface area contributed by atoms with E-state index in [9.17, 15) is 5.11 Å². The molecule has 2 unspecified atom stereocenters. The van der Waals surface area contributed by atoms with Gasteiger partial charge in [-0.25, -0.2) is 0 Å². The summed E-state index contributed by atoms with van der Waals surface area (Å²) in [6.07, 6.45) is 5.07. The van der Waals surface area contributed by atoms with Crippen molar-refractivity contribution in [2.45, 2.75) is 25.9 Å². The number of hydrogen-bond donors (Lipinski definition) is 2. The summed E-state index contributed by atoms with van der Waals surface area (Å²) < 4.78 is 0. The Bertz CT molecular complexity index is 696. The van der Waals surface area contributed by atoms with Gasteiger partial charge in [-0.15, -0.1) is 24.0 Å². The van der Waals surface area contributed by atoms with E-state index in [1.165, 1.54) is 12.0 Å². The van der Waals surface area contributed by atoms with Crippen molar-refractivity contribution in [3.63, 3.8) is 0 Å². The van der Waals surface area contributed by atoms with Gasteiger partial charge in [-0.1, -0.05) is 30.3 Å². The van der Waals surface area contributed by atoms with Gasteiger partial charge in [0, 0.05) is 32.0 Å². The molecule has 2 aromatic rings. The molecule has 0 aliphatic carbocycles. The lowest BCUT2D eigenvalue weighted by Crippen LogP contribution is -2.40. The van der Waals surface area contributed by atoms with Crippen molar-refractivity contribution in [3.8, 4) is 0 Å². The van der Waals surface area contributed by atoms with Crippen LogP contribution in [0, 0.1) is 5.92 Å². The molecule has 2 heterocycles. The van der Waals surface area contributed by atoms with Crippen LogP contribution in [0.3, 0.4) is 0 Å². The maximum absolute atomic E-state index is 10.3. The number of aliphatic hydroxyl groups excluding tert-OH is 1. The third-order valence-corrected chi connectivity index (χ3v) is 4.79. The highest BCUT2D eigenvalue weighted by atomic mass is 127. The molecule has 5 nitrogen and oxygen atoms in total. The summed E-state index contributed by atoms with van der Waals surface area (Å²) in [5.41, 5.74) is 2.25. The van der Waals surface area contributed by atoms with Crippen molar-refractivity contribution in [2.75, 3.05) is 26.2 Å². The molecule has 1 aliphatic heterocycles. The number of aromatic nitrogens is 1. The predicted octanol–water partition coefficient (Wildman–Crippen LogP) is 3.26. The summed E-state index contributed by atoms with van der Waals surface area (Å²) in [7, 11) is 0. The molecule has 0 spiro atoms. The van der Waals surface area contributed by atoms with Gasteiger partial charge in [0.2, 0.25) is 0 Å². The number of hydrogen-bond acceptors (Lipinski definition) is 3. The van der Waals surface area contributed by atoms with Gasteiger partial charge in [0.25, 0.3) is 0 Å². The minimum absolute atomic E-state index is 0. The molecule has 2 N–H and O–H groups in total. The molecule has 2 atom stereocenters. The number of nitrogens with one attached hydrogen (secondary N) is 1. The number of aliphatic imine (C=N–C) groups is 1. The second kappa shape index (κ2) is 11.2. The number of nitrogens with zero attached hydrogens (tertiary/aromatic N) is 3. The largest absolute Gasteiger partial charge is 0.386 e. The van der Waals surface area contributed by atoms with Gasteiger partial charge in [-0.05, 0) is 48.9 Å². The Hall–Kier alpha value is -1.67. The lowest BCUT2D eigenvalue weighted by Gasteiger charge is -2.22. The molecule has 146 valence electrons. The number of pyridine rings is 1. The van der Waals surface area contributed by atoms with Crippen molar-refractivity contribution in [2.24, 2.45) is 10.9 Å². The van der Waals surface area contributed by atoms with E-state index in [-0.39, 0.29) is 24.0 Å². The number of benzene rings is 1. The summed E-state index contributed by atoms with van der Waals surface area (Å²) in [6.45, 7) is 5.27. The van der Waals surface area contributed by atoms with Gasteiger partial charge in [-0.2, -0.15) is 0 Å². The van der Waals surface area contributed by atoms with Crippen LogP contribution in [0.25, 0.3) is 0 Å². The molecule has 1 aromatic carbocycles. The monoisotopic (exact) mass is 480 g/mol. The topological polar surface area (TPSA) is 60.8 Å². The fourth-order valence-corrected chi connectivity index (χ4v) is 3.43. The lowest BCUT2D eigenvalue weighted by molar-refractivity contribution is 0.186. The van der Waals surface area contributed by atoms with Gasteiger partial charge in [0.1, 0.15) is 0 Å². The van der Waals surface area contributed by atoms with E-state index in [0.29, 0.717) is 12.5 Å². The summed E-state index contributed by atoms with van der Waals surface area (Å²) >= 11 is 0. The number of guanidine groups is 1. The first-order valence-electron chi connectivity index (χ1n) is 9.41. The summed E-state index contributed by atoms with van der Waals surface area (Å²) in [5, 5.41) is 13.7. The quantitative estimate of drug-likeness (QED) is 0.379. The minimum atomic E-state index is -0.602. The fourth-order valence-electron chi connectivity index (χ4n) is 3.43. The summed E-state index contributed by atoms with van der Waals surface area (Å²) in [5.74, 6) is 1.54. The third kappa shape index (κ3) is 6.46. The van der Waals surface area contributed by atoms with Gasteiger partial charge < -0.3 is 15.3 Å². The first-order valence-corrected chi connectivity index (χ1v) is 9.41. The highest BCUT2D eigenvalue weighted by Crippen LogP contribution is 2.21. The van der Waals surface area contributed by atoms with E-state index < -0.39 is 6.10 Å². The smallest absolute Gasteiger partial charge is 0.194 e. The maximum Gasteiger partial charge on any atom is 0.194 e. The van der Waals surface area contributed by atoms with E-state index in [1.54, 1.807) is 12.4 Å². The van der Waals surface area contributed by atoms with E-state index in [1.807, 2.05) is 12.1 Å². The predicted molar refractivity (Wildman–Crippen MR) is 120 cm³/mol. The molecule has 1 fully saturated rings. The third-order valence-electron chi connectivity index (χ3n) is 4.79. The number of rotatable bonds is 6. The Labute approximate surface area is 178 Å². The Morgan fingerprint density at radius 1 is 1.26 bits per heavy atom. The second-order valence-corrected chi connectivity index (χ2v) is 6.78. The van der Waals surface area contributed by atoms with Crippen molar-refractivity contribution < 1.29 is 5.11 Å². The van der Waals surface area contributed by atoms with Crippen molar-refractivity contribution in [1.82, 2.24) is 15.2 Å². The zero-order valence-electron chi connectivity index (χ0n) is 15.8. The van der Waals surface area contributed by atoms with E-state index in [2.05, 4.69) is 57.4 Å². The van der Waals surface area contributed by atoms with Crippen LogP contribution in [0.4, 0.5) is 0 Å². The molecule has 0 bridgehead atoms. The second-order valence-electron chi connectivity index (χ2n) is 6.78. The SMILES string of the molecule is CCNC(=NCC(O)c1ccncc1)N1CCC(Cc2ccccc2)C1.I. The Balaban J connectivity index is 0.00000261. The van der Waals surface area contributed by atoms with Crippen LogP contribution >= 0.6 is 24.0 Å². The highest BCUT2D eigenvalue weighted by Gasteiger charge is 2.25. The van der Waals surface area contributed by atoms with Crippen molar-refractivity contribution >= 4 is 29.9 Å². The minimum Gasteiger partial charge on any atom is -0.386 e. The molecule has 6 heteroatoms. The van der Waals surface area contributed by atoms with E-state index >= 15 is 0 Å². The molecule has 0 radical (unpaired) electrons. The normalized spacial score (nSPS) is 18.1. The molecule has 1 saturated heterocycles. The molecular formula is C21H29IN4O. The standard InChI is InChI=1S/C21H28N4O.HI/c1-2-23-21(24-15-20(26)19-8-11-22-12-9-19)25-13-10-18(16-25)14-17-6-4-3-5-7-17;/h3-9,11-12,18,20,26H,2,10,13-16H2,1H3,(H,23,24);1H. The first-order chi connectivity index (χ1) is 12.8. The van der Waals surface area contributed by atoms with Crippen LogP contribution < -0.4 is 5.32 Å². The molecular weight excluding hydrogens is 451 g/mol. The Morgan fingerprint density at radius 2 is 2.00 bits per heavy atom. The molecule has 1 aromatic heterocycles. The lowest BCUT2D eigenvalue weighted by atomic mass is 9.99. The zero-order chi connectivity index (χ0) is 18.2. The van der Waals surface area contributed by atoms with Crippen LogP contribution in [-0.4, -0.2) is 47.1 Å². The van der Waals surface area contributed by atoms with E-state index in [0.717, 1.165) is 37.6 Å². The fraction of sp³-hybridized carbons (Fsp3) is 0.429. The van der Waals surface area contributed by atoms with Gasteiger partial charge in [0.05, 0.1) is 12.6 Å². The van der Waals surface area contributed by atoms with Gasteiger partial charge in [0.15, 0.2) is 5.96 Å². The molecule has 0 saturated carbocycles.